The van der Waals surface area contributed by atoms with Gasteiger partial charge in [-0.05, 0) is 13.0 Å². The van der Waals surface area contributed by atoms with Gasteiger partial charge >= 0.3 is 5.97 Å². The summed E-state index contributed by atoms with van der Waals surface area (Å²) in [5, 5.41) is 10.7. The first-order valence-electron chi connectivity index (χ1n) is 5.87. The van der Waals surface area contributed by atoms with E-state index in [1.807, 2.05) is 0 Å². The molecule has 0 saturated carbocycles. The van der Waals surface area contributed by atoms with E-state index in [4.69, 9.17) is 9.84 Å². The van der Waals surface area contributed by atoms with Crippen molar-refractivity contribution in [1.29, 1.82) is 0 Å². The Kier molecular flexibility index (Phi) is 2.47. The molecule has 0 amide bonds. The second kappa shape index (κ2) is 3.96. The van der Waals surface area contributed by atoms with Gasteiger partial charge in [0.2, 0.25) is 5.43 Å². The molecule has 104 valence electrons. The summed E-state index contributed by atoms with van der Waals surface area (Å²) >= 11 is 0. The third-order valence-electron chi connectivity index (χ3n) is 3.40. The minimum atomic E-state index is -1.34. The van der Waals surface area contributed by atoms with Crippen molar-refractivity contribution in [3.63, 3.8) is 0 Å². The van der Waals surface area contributed by atoms with E-state index in [1.165, 1.54) is 10.9 Å². The van der Waals surface area contributed by atoms with Crippen LogP contribution >= 0.6 is 0 Å². The number of rotatable bonds is 1. The summed E-state index contributed by atoms with van der Waals surface area (Å²) in [6, 6.07) is 1.06. The molecule has 6 nitrogen and oxygen atoms in total. The Morgan fingerprint density at radius 3 is 2.85 bits per heavy atom. The van der Waals surface area contributed by atoms with Crippen LogP contribution in [0.25, 0.3) is 10.9 Å². The zero-order chi connectivity index (χ0) is 14.6. The lowest BCUT2D eigenvalue weighted by Crippen LogP contribution is -2.39. The largest absolute Gasteiger partial charge is 0.477 e. The number of benzene rings is 1. The van der Waals surface area contributed by atoms with Crippen LogP contribution in [-0.2, 0) is 0 Å². The van der Waals surface area contributed by atoms with Crippen molar-refractivity contribution in [2.45, 2.75) is 6.92 Å². The first-order valence-corrected chi connectivity index (χ1v) is 5.87. The van der Waals surface area contributed by atoms with E-state index in [9.17, 15) is 14.0 Å². The van der Waals surface area contributed by atoms with E-state index < -0.39 is 22.8 Å². The smallest absolute Gasteiger partial charge is 0.341 e. The lowest BCUT2D eigenvalue weighted by atomic mass is 10.1. The fourth-order valence-corrected chi connectivity index (χ4v) is 2.32. The number of carboxylic acid groups (broad SMARTS) is 1. The van der Waals surface area contributed by atoms with Gasteiger partial charge in [-0.3, -0.25) is 14.5 Å². The Morgan fingerprint density at radius 2 is 2.20 bits per heavy atom. The molecule has 0 unspecified atom stereocenters. The Labute approximate surface area is 112 Å². The maximum atomic E-state index is 13.9. The zero-order valence-corrected chi connectivity index (χ0v) is 10.8. The molecule has 2 aromatic rings. The Hall–Kier alpha value is -2.57. The predicted molar refractivity (Wildman–Crippen MR) is 69.5 cm³/mol. The fraction of sp³-hybridized carbons (Fsp3) is 0.231. The molecule has 1 aliphatic heterocycles. The molecular weight excluding hydrogens is 267 g/mol. The number of aromatic nitrogens is 1. The lowest BCUT2D eigenvalue weighted by molar-refractivity contribution is 0.0694. The van der Waals surface area contributed by atoms with Crippen molar-refractivity contribution in [3.05, 3.63) is 39.4 Å². The van der Waals surface area contributed by atoms with E-state index in [2.05, 4.69) is 0 Å². The molecule has 0 aliphatic carbocycles. The first-order chi connectivity index (χ1) is 9.41. The maximum Gasteiger partial charge on any atom is 0.341 e. The fourth-order valence-electron chi connectivity index (χ4n) is 2.32. The molecule has 0 radical (unpaired) electrons. The van der Waals surface area contributed by atoms with Crippen LogP contribution in [0, 0.1) is 12.7 Å². The van der Waals surface area contributed by atoms with Gasteiger partial charge in [0, 0.05) is 18.8 Å². The van der Waals surface area contributed by atoms with Gasteiger partial charge in [-0.25, -0.2) is 9.18 Å². The minimum absolute atomic E-state index is 0.00505. The van der Waals surface area contributed by atoms with Crippen LogP contribution in [0.5, 0.6) is 5.75 Å². The van der Waals surface area contributed by atoms with Gasteiger partial charge < -0.3 is 9.84 Å². The van der Waals surface area contributed by atoms with Crippen LogP contribution in [0.3, 0.4) is 0 Å². The van der Waals surface area contributed by atoms with Crippen LogP contribution in [0.15, 0.2) is 17.1 Å². The molecule has 7 heteroatoms. The van der Waals surface area contributed by atoms with Gasteiger partial charge in [0.15, 0.2) is 12.5 Å². The lowest BCUT2D eigenvalue weighted by Gasteiger charge is -2.31. The average molecular weight is 278 g/mol. The molecule has 0 fully saturated rings. The zero-order valence-electron chi connectivity index (χ0n) is 10.8. The highest BCUT2D eigenvalue weighted by Crippen LogP contribution is 2.32. The number of pyridine rings is 1. The number of carboxylic acids is 1. The van der Waals surface area contributed by atoms with Crippen molar-refractivity contribution in [1.82, 2.24) is 4.68 Å². The molecule has 1 aromatic heterocycles. The Bertz CT molecular complexity index is 812. The normalized spacial score (nSPS) is 13.4. The van der Waals surface area contributed by atoms with Crippen LogP contribution in [-0.4, -0.2) is 29.5 Å². The van der Waals surface area contributed by atoms with Crippen molar-refractivity contribution in [2.75, 3.05) is 18.8 Å². The summed E-state index contributed by atoms with van der Waals surface area (Å²) in [5.41, 5.74) is -0.447. The number of aromatic carboxylic acids is 1. The van der Waals surface area contributed by atoms with Crippen LogP contribution in [0.4, 0.5) is 4.39 Å². The molecule has 0 bridgehead atoms. The van der Waals surface area contributed by atoms with E-state index in [1.54, 1.807) is 19.0 Å². The number of nitrogens with zero attached hydrogens (tertiary/aromatic N) is 2. The van der Waals surface area contributed by atoms with Gasteiger partial charge in [-0.1, -0.05) is 0 Å². The van der Waals surface area contributed by atoms with Gasteiger partial charge in [0.05, 0.1) is 5.39 Å². The van der Waals surface area contributed by atoms with E-state index in [0.717, 1.165) is 6.07 Å². The Morgan fingerprint density at radius 1 is 1.50 bits per heavy atom. The molecule has 1 aliphatic rings. The second-order valence-electron chi connectivity index (χ2n) is 4.66. The summed E-state index contributed by atoms with van der Waals surface area (Å²) in [6.45, 7) is 1.68. The van der Waals surface area contributed by atoms with E-state index in [0.29, 0.717) is 11.1 Å². The molecule has 3 rings (SSSR count). The van der Waals surface area contributed by atoms with Crippen molar-refractivity contribution in [3.8, 4) is 5.75 Å². The van der Waals surface area contributed by atoms with Crippen LogP contribution in [0.2, 0.25) is 0 Å². The quantitative estimate of drug-likeness (QED) is 0.844. The highest BCUT2D eigenvalue weighted by Gasteiger charge is 2.25. The van der Waals surface area contributed by atoms with Crippen molar-refractivity contribution in [2.24, 2.45) is 0 Å². The third kappa shape index (κ3) is 1.49. The molecular formula is C13H11FN2O4. The SMILES string of the molecule is Cc1c(F)cc2c(=O)c(C(=O)O)cn3c2c1OCN3C. The monoisotopic (exact) mass is 278 g/mol. The molecule has 0 saturated heterocycles. The molecule has 1 N–H and O–H groups in total. The van der Waals surface area contributed by atoms with Gasteiger partial charge in [0.1, 0.15) is 16.9 Å². The van der Waals surface area contributed by atoms with Crippen LogP contribution < -0.4 is 15.2 Å². The average Bonchev–Trinajstić information content (AvgIpc) is 2.39. The van der Waals surface area contributed by atoms with E-state index in [-0.39, 0.29) is 17.9 Å². The topological polar surface area (TPSA) is 71.8 Å². The van der Waals surface area contributed by atoms with Gasteiger partial charge in [0.25, 0.3) is 0 Å². The van der Waals surface area contributed by atoms with Crippen LogP contribution in [0.1, 0.15) is 15.9 Å². The number of hydrogen-bond acceptors (Lipinski definition) is 4. The summed E-state index contributed by atoms with van der Waals surface area (Å²) in [4.78, 5) is 23.3. The standard InChI is InChI=1S/C13H11FN2O4/c1-6-9(14)3-7-10-12(6)20-5-15(2)16(10)4-8(11(7)17)13(18)19/h3-4H,5H2,1-2H3,(H,18,19). The van der Waals surface area contributed by atoms with E-state index >= 15 is 0 Å². The third-order valence-corrected chi connectivity index (χ3v) is 3.40. The summed E-state index contributed by atoms with van der Waals surface area (Å²) in [6.07, 6.45) is 1.23. The highest BCUT2D eigenvalue weighted by molar-refractivity contribution is 5.95. The second-order valence-corrected chi connectivity index (χ2v) is 4.66. The molecule has 0 spiro atoms. The molecule has 1 aromatic carbocycles. The summed E-state index contributed by atoms with van der Waals surface area (Å²) in [7, 11) is 1.68. The number of halogens is 1. The van der Waals surface area contributed by atoms with Gasteiger partial charge in [-0.2, -0.15) is 0 Å². The molecule has 2 heterocycles. The minimum Gasteiger partial charge on any atom is -0.477 e. The maximum absolute atomic E-state index is 13.9. The summed E-state index contributed by atoms with van der Waals surface area (Å²) in [5.74, 6) is -1.67. The number of carbonyl (C=O) groups is 1. The number of hydrogen-bond donors (Lipinski definition) is 1. The predicted octanol–water partition coefficient (Wildman–Crippen LogP) is 1.06. The highest BCUT2D eigenvalue weighted by atomic mass is 19.1. The summed E-state index contributed by atoms with van der Waals surface area (Å²) < 4.78 is 20.8. The van der Waals surface area contributed by atoms with Crippen molar-refractivity contribution < 1.29 is 19.0 Å². The molecule has 20 heavy (non-hydrogen) atoms. The Balaban J connectivity index is 2.57. The number of ether oxygens (including phenoxy) is 1. The molecule has 0 atom stereocenters. The first kappa shape index (κ1) is 12.5. The van der Waals surface area contributed by atoms with Gasteiger partial charge in [-0.15, -0.1) is 0 Å². The van der Waals surface area contributed by atoms with Crippen molar-refractivity contribution >= 4 is 16.9 Å².